The summed E-state index contributed by atoms with van der Waals surface area (Å²) in [4.78, 5) is 17.1. The summed E-state index contributed by atoms with van der Waals surface area (Å²) in [5, 5.41) is 13.5. The van der Waals surface area contributed by atoms with Gasteiger partial charge in [0.1, 0.15) is 5.02 Å². The van der Waals surface area contributed by atoms with Gasteiger partial charge in [-0.1, -0.05) is 29.8 Å². The molecule has 2 heterocycles. The molecule has 1 saturated heterocycles. The van der Waals surface area contributed by atoms with Crippen LogP contribution >= 0.6 is 11.6 Å². The molecule has 26 heavy (non-hydrogen) atoms. The third-order valence-electron chi connectivity index (χ3n) is 5.00. The average Bonchev–Trinajstić information content (AvgIpc) is 2.69. The third kappa shape index (κ3) is 4.09. The van der Waals surface area contributed by atoms with Gasteiger partial charge in [-0.3, -0.25) is 4.79 Å². The van der Waals surface area contributed by atoms with Gasteiger partial charge in [0.25, 0.3) is 5.56 Å². The standard InChI is InChI=1S/C19H25ClN4O2/c1-22(10-5-13-25)15-8-11-23(12-9-15)17-14-21-24(19(26)18(17)20)16-6-3-2-4-7-16/h2-4,6-7,14-15,25H,5,8-13H2,1H3. The SMILES string of the molecule is CN(CCCO)C1CCN(c2cnn(-c3ccccc3)c(=O)c2Cl)CC1. The zero-order chi connectivity index (χ0) is 18.5. The molecular formula is C19H25ClN4O2. The van der Waals surface area contributed by atoms with Crippen molar-refractivity contribution in [3.8, 4) is 5.69 Å². The molecule has 6 nitrogen and oxygen atoms in total. The summed E-state index contributed by atoms with van der Waals surface area (Å²) < 4.78 is 1.33. The van der Waals surface area contributed by atoms with Crippen LogP contribution < -0.4 is 10.5 Å². The van der Waals surface area contributed by atoms with Crippen LogP contribution in [0, 0.1) is 0 Å². The normalized spacial score (nSPS) is 15.6. The molecular weight excluding hydrogens is 352 g/mol. The Morgan fingerprint density at radius 2 is 1.96 bits per heavy atom. The molecule has 1 aromatic carbocycles. The predicted octanol–water partition coefficient (Wildman–Crippen LogP) is 2.17. The topological polar surface area (TPSA) is 61.6 Å². The number of anilines is 1. The summed E-state index contributed by atoms with van der Waals surface area (Å²) in [6.45, 7) is 2.80. The summed E-state index contributed by atoms with van der Waals surface area (Å²) in [5.41, 5.74) is 1.12. The number of hydrogen-bond acceptors (Lipinski definition) is 5. The quantitative estimate of drug-likeness (QED) is 0.837. The lowest BCUT2D eigenvalue weighted by atomic mass is 10.0. The molecule has 7 heteroatoms. The van der Waals surface area contributed by atoms with Crippen molar-refractivity contribution in [2.75, 3.05) is 38.2 Å². The van der Waals surface area contributed by atoms with Gasteiger partial charge in [0.05, 0.1) is 17.6 Å². The molecule has 1 fully saturated rings. The number of benzene rings is 1. The van der Waals surface area contributed by atoms with Crippen LogP contribution in [0.5, 0.6) is 0 Å². The van der Waals surface area contributed by atoms with Gasteiger partial charge in [0, 0.05) is 32.3 Å². The van der Waals surface area contributed by atoms with Crippen LogP contribution in [-0.4, -0.2) is 59.1 Å². The molecule has 2 aromatic rings. The number of aliphatic hydroxyl groups is 1. The van der Waals surface area contributed by atoms with E-state index in [9.17, 15) is 4.79 Å². The number of aliphatic hydroxyl groups excluding tert-OH is 1. The number of nitrogens with zero attached hydrogens (tertiary/aromatic N) is 4. The van der Waals surface area contributed by atoms with Crippen molar-refractivity contribution in [2.24, 2.45) is 0 Å². The first-order valence-corrected chi connectivity index (χ1v) is 9.39. The van der Waals surface area contributed by atoms with Crippen LogP contribution in [0.4, 0.5) is 5.69 Å². The van der Waals surface area contributed by atoms with Gasteiger partial charge in [-0.2, -0.15) is 9.78 Å². The Morgan fingerprint density at radius 1 is 1.27 bits per heavy atom. The molecule has 0 bridgehead atoms. The van der Waals surface area contributed by atoms with Crippen molar-refractivity contribution < 1.29 is 5.11 Å². The highest BCUT2D eigenvalue weighted by molar-refractivity contribution is 6.33. The highest BCUT2D eigenvalue weighted by Gasteiger charge is 2.24. The van der Waals surface area contributed by atoms with Crippen LogP contribution in [0.1, 0.15) is 19.3 Å². The molecule has 0 aliphatic carbocycles. The largest absolute Gasteiger partial charge is 0.396 e. The van der Waals surface area contributed by atoms with E-state index in [2.05, 4.69) is 21.9 Å². The Bertz CT molecular complexity index is 773. The minimum atomic E-state index is -0.294. The fraction of sp³-hybridized carbons (Fsp3) is 0.474. The summed E-state index contributed by atoms with van der Waals surface area (Å²) in [6.07, 6.45) is 4.48. The van der Waals surface area contributed by atoms with E-state index in [1.807, 2.05) is 30.3 Å². The van der Waals surface area contributed by atoms with E-state index in [1.54, 1.807) is 6.20 Å². The average molecular weight is 377 g/mol. The number of halogens is 1. The highest BCUT2D eigenvalue weighted by atomic mass is 35.5. The van der Waals surface area contributed by atoms with E-state index in [0.29, 0.717) is 17.4 Å². The van der Waals surface area contributed by atoms with Crippen LogP contribution in [-0.2, 0) is 0 Å². The molecule has 1 aliphatic rings. The first kappa shape index (κ1) is 18.9. The Hall–Kier alpha value is -1.89. The van der Waals surface area contributed by atoms with Gasteiger partial charge < -0.3 is 14.9 Å². The van der Waals surface area contributed by atoms with Gasteiger partial charge in [-0.05, 0) is 38.4 Å². The number of rotatable bonds is 6. The van der Waals surface area contributed by atoms with E-state index in [0.717, 1.165) is 38.9 Å². The summed E-state index contributed by atoms with van der Waals surface area (Å²) in [6, 6.07) is 9.78. The van der Waals surface area contributed by atoms with E-state index < -0.39 is 0 Å². The lowest BCUT2D eigenvalue weighted by molar-refractivity contribution is 0.184. The van der Waals surface area contributed by atoms with Gasteiger partial charge in [-0.15, -0.1) is 0 Å². The molecule has 0 spiro atoms. The van der Waals surface area contributed by atoms with Crippen LogP contribution in [0.25, 0.3) is 5.69 Å². The third-order valence-corrected chi connectivity index (χ3v) is 5.35. The number of aromatic nitrogens is 2. The molecule has 1 aliphatic heterocycles. The fourth-order valence-electron chi connectivity index (χ4n) is 3.45. The molecule has 140 valence electrons. The van der Waals surface area contributed by atoms with Crippen molar-refractivity contribution in [3.05, 3.63) is 51.9 Å². The smallest absolute Gasteiger partial charge is 0.292 e. The zero-order valence-electron chi connectivity index (χ0n) is 15.0. The molecule has 0 atom stereocenters. The number of piperidine rings is 1. The molecule has 0 saturated carbocycles. The first-order chi connectivity index (χ1) is 12.6. The molecule has 1 aromatic heterocycles. The van der Waals surface area contributed by atoms with E-state index >= 15 is 0 Å². The van der Waals surface area contributed by atoms with Crippen molar-refractivity contribution in [3.63, 3.8) is 0 Å². The maximum atomic E-state index is 12.6. The van der Waals surface area contributed by atoms with E-state index in [4.69, 9.17) is 16.7 Å². The summed E-state index contributed by atoms with van der Waals surface area (Å²) in [7, 11) is 2.10. The van der Waals surface area contributed by atoms with Crippen molar-refractivity contribution >= 4 is 17.3 Å². The van der Waals surface area contributed by atoms with Crippen LogP contribution in [0.15, 0.2) is 41.3 Å². The van der Waals surface area contributed by atoms with Crippen LogP contribution in [0.3, 0.4) is 0 Å². The maximum absolute atomic E-state index is 12.6. The van der Waals surface area contributed by atoms with Crippen molar-refractivity contribution in [1.82, 2.24) is 14.7 Å². The zero-order valence-corrected chi connectivity index (χ0v) is 15.8. The Labute approximate surface area is 158 Å². The van der Waals surface area contributed by atoms with Crippen LogP contribution in [0.2, 0.25) is 5.02 Å². The molecule has 0 unspecified atom stereocenters. The second-order valence-corrected chi connectivity index (χ2v) is 7.05. The summed E-state index contributed by atoms with van der Waals surface area (Å²) in [5.74, 6) is 0. The van der Waals surface area contributed by atoms with E-state index in [1.165, 1.54) is 4.68 Å². The van der Waals surface area contributed by atoms with Gasteiger partial charge in [-0.25, -0.2) is 0 Å². The fourth-order valence-corrected chi connectivity index (χ4v) is 3.70. The Balaban J connectivity index is 1.72. The van der Waals surface area contributed by atoms with Gasteiger partial charge in [0.15, 0.2) is 0 Å². The summed E-state index contributed by atoms with van der Waals surface area (Å²) >= 11 is 6.40. The second kappa shape index (κ2) is 8.66. The number of hydrogen-bond donors (Lipinski definition) is 1. The minimum Gasteiger partial charge on any atom is -0.396 e. The van der Waals surface area contributed by atoms with Crippen molar-refractivity contribution in [2.45, 2.75) is 25.3 Å². The predicted molar refractivity (Wildman–Crippen MR) is 104 cm³/mol. The maximum Gasteiger partial charge on any atom is 0.292 e. The minimum absolute atomic E-state index is 0.218. The second-order valence-electron chi connectivity index (χ2n) is 6.67. The number of para-hydroxylation sites is 1. The highest BCUT2D eigenvalue weighted by Crippen LogP contribution is 2.26. The van der Waals surface area contributed by atoms with Gasteiger partial charge >= 0.3 is 0 Å². The first-order valence-electron chi connectivity index (χ1n) is 9.01. The Morgan fingerprint density at radius 3 is 2.62 bits per heavy atom. The molecule has 1 N–H and O–H groups in total. The molecule has 3 rings (SSSR count). The van der Waals surface area contributed by atoms with Crippen molar-refractivity contribution in [1.29, 1.82) is 0 Å². The lowest BCUT2D eigenvalue weighted by Gasteiger charge is -2.37. The van der Waals surface area contributed by atoms with E-state index in [-0.39, 0.29) is 17.2 Å². The van der Waals surface area contributed by atoms with Gasteiger partial charge in [0.2, 0.25) is 0 Å². The lowest BCUT2D eigenvalue weighted by Crippen LogP contribution is -2.44. The monoisotopic (exact) mass is 376 g/mol. The Kier molecular flexibility index (Phi) is 6.29. The molecule has 0 radical (unpaired) electrons. The molecule has 0 amide bonds.